The Morgan fingerprint density at radius 3 is 2.70 bits per heavy atom. The molecule has 0 fully saturated rings. The van der Waals surface area contributed by atoms with Crippen LogP contribution in [-0.4, -0.2) is 28.3 Å². The first-order chi connectivity index (χ1) is 12.8. The summed E-state index contributed by atoms with van der Waals surface area (Å²) in [4.78, 5) is 37.8. The third-order valence-corrected chi connectivity index (χ3v) is 4.49. The van der Waals surface area contributed by atoms with E-state index in [1.165, 1.54) is 24.4 Å². The molecule has 0 aliphatic carbocycles. The van der Waals surface area contributed by atoms with Crippen LogP contribution in [-0.2, 0) is 4.79 Å². The Labute approximate surface area is 162 Å². The number of nitrogens with zero attached hydrogens (tertiary/aromatic N) is 1. The zero-order valence-corrected chi connectivity index (χ0v) is 15.8. The minimum Gasteiger partial charge on any atom is -0.360 e. The molecule has 0 spiro atoms. The van der Waals surface area contributed by atoms with Gasteiger partial charge in [0.2, 0.25) is 5.91 Å². The number of hydrogen-bond donors (Lipinski definition) is 3. The number of amides is 2. The first kappa shape index (κ1) is 18.6. The van der Waals surface area contributed by atoms with Gasteiger partial charge < -0.3 is 15.6 Å². The Morgan fingerprint density at radius 2 is 2.00 bits per heavy atom. The first-order valence-corrected chi connectivity index (χ1v) is 8.74. The highest BCUT2D eigenvalue weighted by molar-refractivity contribution is 9.10. The van der Waals surface area contributed by atoms with Crippen LogP contribution in [0.2, 0.25) is 0 Å². The van der Waals surface area contributed by atoms with Crippen molar-refractivity contribution >= 4 is 50.0 Å². The van der Waals surface area contributed by atoms with Crippen molar-refractivity contribution in [1.29, 1.82) is 0 Å². The molecule has 2 amide bonds. The van der Waals surface area contributed by atoms with Crippen molar-refractivity contribution in [3.63, 3.8) is 0 Å². The molecule has 27 heavy (non-hydrogen) atoms. The fraction of sp³-hybridized carbons (Fsp3) is 0.111. The molecule has 2 aromatic carbocycles. The number of halogens is 1. The molecule has 0 atom stereocenters. The van der Waals surface area contributed by atoms with E-state index in [1.54, 1.807) is 12.1 Å². The molecule has 0 saturated heterocycles. The maximum absolute atomic E-state index is 12.4. The van der Waals surface area contributed by atoms with E-state index in [-0.39, 0.29) is 23.7 Å². The van der Waals surface area contributed by atoms with Crippen molar-refractivity contribution < 1.29 is 14.5 Å². The van der Waals surface area contributed by atoms with Gasteiger partial charge in [0.05, 0.1) is 17.0 Å². The van der Waals surface area contributed by atoms with E-state index < -0.39 is 10.8 Å². The standard InChI is InChI=1S/C18H15BrN4O4/c1-10-6-11(19)2-4-15(10)22-17(24)9-21-18(25)14-8-20-16-5-3-12(23(26)27)7-13(14)16/h2-8,20H,9H2,1H3,(H,21,25)(H,22,24). The molecule has 0 bridgehead atoms. The van der Waals surface area contributed by atoms with Crippen molar-refractivity contribution in [3.8, 4) is 0 Å². The van der Waals surface area contributed by atoms with Crippen LogP contribution in [0.5, 0.6) is 0 Å². The number of nitro benzene ring substituents is 1. The van der Waals surface area contributed by atoms with Gasteiger partial charge in [-0.15, -0.1) is 0 Å². The molecule has 0 aliphatic rings. The number of fused-ring (bicyclic) bond motifs is 1. The SMILES string of the molecule is Cc1cc(Br)ccc1NC(=O)CNC(=O)c1c[nH]c2ccc([N+](=O)[O-])cc12. The number of benzene rings is 2. The fourth-order valence-corrected chi connectivity index (χ4v) is 3.10. The Hall–Kier alpha value is -3.20. The van der Waals surface area contributed by atoms with Gasteiger partial charge in [-0.3, -0.25) is 19.7 Å². The largest absolute Gasteiger partial charge is 0.360 e. The molecule has 3 N–H and O–H groups in total. The second-order valence-electron chi connectivity index (χ2n) is 5.88. The summed E-state index contributed by atoms with van der Waals surface area (Å²) in [5.74, 6) is -0.871. The van der Waals surface area contributed by atoms with Crippen molar-refractivity contribution in [3.05, 3.63) is 68.3 Å². The van der Waals surface area contributed by atoms with Crippen LogP contribution in [0.3, 0.4) is 0 Å². The van der Waals surface area contributed by atoms with Gasteiger partial charge in [-0.25, -0.2) is 0 Å². The van der Waals surface area contributed by atoms with Gasteiger partial charge in [-0.1, -0.05) is 15.9 Å². The summed E-state index contributed by atoms with van der Waals surface area (Å²) >= 11 is 3.35. The number of H-pyrrole nitrogens is 1. The van der Waals surface area contributed by atoms with Crippen molar-refractivity contribution in [2.45, 2.75) is 6.92 Å². The Kier molecular flexibility index (Phi) is 5.22. The highest BCUT2D eigenvalue weighted by atomic mass is 79.9. The summed E-state index contributed by atoms with van der Waals surface area (Å²) in [5.41, 5.74) is 2.26. The van der Waals surface area contributed by atoms with Crippen molar-refractivity contribution in [2.75, 3.05) is 11.9 Å². The molecule has 3 aromatic rings. The number of carbonyl (C=O) groups is 2. The zero-order chi connectivity index (χ0) is 19.6. The number of nitrogens with one attached hydrogen (secondary N) is 3. The molecular weight excluding hydrogens is 416 g/mol. The van der Waals surface area contributed by atoms with Gasteiger partial charge in [-0.2, -0.15) is 0 Å². The summed E-state index contributed by atoms with van der Waals surface area (Å²) in [6, 6.07) is 9.65. The van der Waals surface area contributed by atoms with Crippen LogP contribution >= 0.6 is 15.9 Å². The van der Waals surface area contributed by atoms with E-state index in [1.807, 2.05) is 13.0 Å². The predicted molar refractivity (Wildman–Crippen MR) is 105 cm³/mol. The summed E-state index contributed by atoms with van der Waals surface area (Å²) in [7, 11) is 0. The summed E-state index contributed by atoms with van der Waals surface area (Å²) in [6.07, 6.45) is 1.46. The van der Waals surface area contributed by atoms with Gasteiger partial charge >= 0.3 is 0 Å². The maximum atomic E-state index is 12.4. The number of non-ortho nitro benzene ring substituents is 1. The molecule has 1 heterocycles. The van der Waals surface area contributed by atoms with E-state index >= 15 is 0 Å². The number of aryl methyl sites for hydroxylation is 1. The van der Waals surface area contributed by atoms with Gasteiger partial charge in [0, 0.05) is 39.4 Å². The van der Waals surface area contributed by atoms with Crippen LogP contribution in [0.25, 0.3) is 10.9 Å². The minimum atomic E-state index is -0.526. The molecule has 0 saturated carbocycles. The normalized spacial score (nSPS) is 10.6. The number of aromatic nitrogens is 1. The second-order valence-corrected chi connectivity index (χ2v) is 6.80. The first-order valence-electron chi connectivity index (χ1n) is 7.95. The molecule has 9 heteroatoms. The Morgan fingerprint density at radius 1 is 1.22 bits per heavy atom. The lowest BCUT2D eigenvalue weighted by molar-refractivity contribution is -0.384. The third kappa shape index (κ3) is 4.14. The lowest BCUT2D eigenvalue weighted by Gasteiger charge is -2.09. The Balaban J connectivity index is 1.68. The van der Waals surface area contributed by atoms with E-state index in [2.05, 4.69) is 31.5 Å². The minimum absolute atomic E-state index is 0.111. The smallest absolute Gasteiger partial charge is 0.270 e. The Bertz CT molecular complexity index is 1060. The lowest BCUT2D eigenvalue weighted by Crippen LogP contribution is -2.32. The fourth-order valence-electron chi connectivity index (χ4n) is 2.63. The average Bonchev–Trinajstić information content (AvgIpc) is 3.05. The number of nitro groups is 1. The van der Waals surface area contributed by atoms with Gasteiger partial charge in [-0.05, 0) is 36.8 Å². The van der Waals surface area contributed by atoms with Crippen LogP contribution in [0.4, 0.5) is 11.4 Å². The monoisotopic (exact) mass is 430 g/mol. The molecule has 0 unspecified atom stereocenters. The van der Waals surface area contributed by atoms with Crippen molar-refractivity contribution in [2.24, 2.45) is 0 Å². The highest BCUT2D eigenvalue weighted by Gasteiger charge is 2.16. The average molecular weight is 431 g/mol. The molecule has 0 radical (unpaired) electrons. The number of rotatable bonds is 5. The second kappa shape index (κ2) is 7.58. The van der Waals surface area contributed by atoms with Gasteiger partial charge in [0.25, 0.3) is 11.6 Å². The molecule has 138 valence electrons. The molecule has 3 rings (SSSR count). The van der Waals surface area contributed by atoms with Crippen LogP contribution in [0, 0.1) is 17.0 Å². The third-order valence-electron chi connectivity index (χ3n) is 3.99. The van der Waals surface area contributed by atoms with Gasteiger partial charge in [0.15, 0.2) is 0 Å². The molecule has 1 aromatic heterocycles. The maximum Gasteiger partial charge on any atom is 0.270 e. The van der Waals surface area contributed by atoms with Crippen LogP contribution in [0.1, 0.15) is 15.9 Å². The van der Waals surface area contributed by atoms with E-state index in [0.29, 0.717) is 16.6 Å². The van der Waals surface area contributed by atoms with Crippen LogP contribution in [0.15, 0.2) is 47.1 Å². The van der Waals surface area contributed by atoms with E-state index in [4.69, 9.17) is 0 Å². The zero-order valence-electron chi connectivity index (χ0n) is 14.2. The summed E-state index contributed by atoms with van der Waals surface area (Å²) < 4.78 is 0.903. The van der Waals surface area contributed by atoms with Gasteiger partial charge in [0.1, 0.15) is 0 Å². The molecule has 0 aliphatic heterocycles. The topological polar surface area (TPSA) is 117 Å². The van der Waals surface area contributed by atoms with Crippen LogP contribution < -0.4 is 10.6 Å². The number of anilines is 1. The quantitative estimate of drug-likeness (QED) is 0.423. The number of carbonyl (C=O) groups excluding carboxylic acids is 2. The lowest BCUT2D eigenvalue weighted by atomic mass is 10.1. The highest BCUT2D eigenvalue weighted by Crippen LogP contribution is 2.23. The predicted octanol–water partition coefficient (Wildman–Crippen LogP) is 3.52. The van der Waals surface area contributed by atoms with Crippen molar-refractivity contribution in [1.82, 2.24) is 10.3 Å². The molecular formula is C18H15BrN4O4. The summed E-state index contributed by atoms with van der Waals surface area (Å²) in [6.45, 7) is 1.63. The van der Waals surface area contributed by atoms with E-state index in [0.717, 1.165) is 10.0 Å². The summed E-state index contributed by atoms with van der Waals surface area (Å²) in [5, 5.41) is 16.6. The number of aromatic amines is 1. The van der Waals surface area contributed by atoms with E-state index in [9.17, 15) is 19.7 Å². The molecule has 8 nitrogen and oxygen atoms in total. The number of hydrogen-bond acceptors (Lipinski definition) is 4.